The molecule has 0 N–H and O–H groups in total. The van der Waals surface area contributed by atoms with Gasteiger partial charge in [-0.3, -0.25) is 0 Å². The Morgan fingerprint density at radius 3 is 2.79 bits per heavy atom. The molecule has 0 saturated heterocycles. The Kier molecular flexibility index (Phi) is 3.58. The van der Waals surface area contributed by atoms with E-state index in [-0.39, 0.29) is 23.5 Å². The van der Waals surface area contributed by atoms with Crippen molar-refractivity contribution in [3.05, 3.63) is 10.8 Å². The molecule has 0 aromatic carbocycles. The summed E-state index contributed by atoms with van der Waals surface area (Å²) in [6, 6.07) is -0.0301. The molecule has 0 spiro atoms. The van der Waals surface area contributed by atoms with Crippen molar-refractivity contribution in [1.29, 1.82) is 0 Å². The Morgan fingerprint density at radius 2 is 2.21 bits per heavy atom. The number of aromatic nitrogens is 3. The topological polar surface area (TPSA) is 74.2 Å². The fourth-order valence-electron chi connectivity index (χ4n) is 0.714. The molecule has 1 rings (SSSR count). The second kappa shape index (κ2) is 4.71. The lowest BCUT2D eigenvalue weighted by molar-refractivity contribution is 0.0517. The number of nitrogens with zero attached hydrogens (tertiary/aromatic N) is 3. The molecule has 0 fully saturated rings. The number of hydrogen-bond acceptors (Lipinski definition) is 6. The first-order valence-corrected chi connectivity index (χ1v) is 4.18. The van der Waals surface area contributed by atoms with Gasteiger partial charge in [0.25, 0.3) is 0 Å². The molecule has 1 aromatic rings. The Balaban J connectivity index is 2.99. The van der Waals surface area contributed by atoms with Crippen molar-refractivity contribution >= 4 is 17.6 Å². The molecule has 1 heterocycles. The summed E-state index contributed by atoms with van der Waals surface area (Å²) in [4.78, 5) is 14.9. The summed E-state index contributed by atoms with van der Waals surface area (Å²) >= 11 is 5.59. The SMILES string of the molecule is CCOC(=O)c1nc(OC)nnc1Cl. The third-order valence-corrected chi connectivity index (χ3v) is 1.53. The van der Waals surface area contributed by atoms with Crippen molar-refractivity contribution < 1.29 is 14.3 Å². The highest BCUT2D eigenvalue weighted by atomic mass is 35.5. The van der Waals surface area contributed by atoms with Gasteiger partial charge in [-0.2, -0.15) is 4.98 Å². The molecular weight excluding hydrogens is 210 g/mol. The average Bonchev–Trinajstić information content (AvgIpc) is 2.19. The fourth-order valence-corrected chi connectivity index (χ4v) is 0.871. The lowest BCUT2D eigenvalue weighted by Crippen LogP contribution is -2.10. The molecule has 0 amide bonds. The molecule has 14 heavy (non-hydrogen) atoms. The minimum absolute atomic E-state index is 0.0301. The Hall–Kier alpha value is -1.43. The summed E-state index contributed by atoms with van der Waals surface area (Å²) in [5.74, 6) is -0.647. The van der Waals surface area contributed by atoms with Gasteiger partial charge in [0.1, 0.15) is 0 Å². The summed E-state index contributed by atoms with van der Waals surface area (Å²) in [7, 11) is 1.36. The second-order valence-corrected chi connectivity index (χ2v) is 2.52. The van der Waals surface area contributed by atoms with Gasteiger partial charge in [-0.25, -0.2) is 4.79 Å². The van der Waals surface area contributed by atoms with E-state index in [4.69, 9.17) is 16.3 Å². The quantitative estimate of drug-likeness (QED) is 0.695. The number of ether oxygens (including phenoxy) is 2. The number of esters is 1. The molecular formula is C7H8ClN3O3. The molecule has 0 atom stereocenters. The Morgan fingerprint density at radius 1 is 1.50 bits per heavy atom. The van der Waals surface area contributed by atoms with Crippen molar-refractivity contribution in [3.8, 4) is 6.01 Å². The molecule has 0 unspecified atom stereocenters. The summed E-state index contributed by atoms with van der Waals surface area (Å²) in [6.45, 7) is 1.92. The largest absolute Gasteiger partial charge is 0.466 e. The molecule has 0 bridgehead atoms. The molecule has 1 aromatic heterocycles. The second-order valence-electron chi connectivity index (χ2n) is 2.16. The van der Waals surface area contributed by atoms with Crippen LogP contribution in [0.5, 0.6) is 6.01 Å². The lowest BCUT2D eigenvalue weighted by atomic mass is 10.5. The van der Waals surface area contributed by atoms with Crippen LogP contribution in [0.15, 0.2) is 0 Å². The van der Waals surface area contributed by atoms with E-state index in [1.165, 1.54) is 7.11 Å². The molecule has 0 radical (unpaired) electrons. The minimum atomic E-state index is -0.647. The minimum Gasteiger partial charge on any atom is -0.466 e. The van der Waals surface area contributed by atoms with Crippen LogP contribution >= 0.6 is 11.6 Å². The maximum absolute atomic E-state index is 11.2. The summed E-state index contributed by atoms with van der Waals surface area (Å²) in [5.41, 5.74) is -0.0969. The highest BCUT2D eigenvalue weighted by molar-refractivity contribution is 6.31. The maximum atomic E-state index is 11.2. The standard InChI is InChI=1S/C7H8ClN3O3/c1-3-14-6(12)4-5(8)10-11-7(9-4)13-2/h3H2,1-2H3. The number of rotatable bonds is 3. The van der Waals surface area contributed by atoms with E-state index in [0.29, 0.717) is 0 Å². The van der Waals surface area contributed by atoms with Crippen molar-refractivity contribution in [1.82, 2.24) is 15.2 Å². The van der Waals surface area contributed by atoms with Crippen molar-refractivity contribution in [3.63, 3.8) is 0 Å². The van der Waals surface area contributed by atoms with E-state index < -0.39 is 5.97 Å². The lowest BCUT2D eigenvalue weighted by Gasteiger charge is -2.02. The van der Waals surface area contributed by atoms with Crippen LogP contribution in [0.4, 0.5) is 0 Å². The van der Waals surface area contributed by atoms with E-state index in [9.17, 15) is 4.79 Å². The molecule has 0 aliphatic heterocycles. The van der Waals surface area contributed by atoms with Gasteiger partial charge in [-0.05, 0) is 6.92 Å². The van der Waals surface area contributed by atoms with Gasteiger partial charge in [0.05, 0.1) is 13.7 Å². The summed E-state index contributed by atoms with van der Waals surface area (Å²) in [5, 5.41) is 6.85. The molecule has 0 aliphatic rings. The van der Waals surface area contributed by atoms with E-state index >= 15 is 0 Å². The van der Waals surface area contributed by atoms with E-state index in [1.54, 1.807) is 6.92 Å². The first-order valence-electron chi connectivity index (χ1n) is 3.80. The number of hydrogen-bond donors (Lipinski definition) is 0. The van der Waals surface area contributed by atoms with Crippen LogP contribution in [-0.4, -0.2) is 34.9 Å². The first-order chi connectivity index (χ1) is 6.69. The monoisotopic (exact) mass is 217 g/mol. The molecule has 7 heteroatoms. The normalized spacial score (nSPS) is 9.64. The van der Waals surface area contributed by atoms with Gasteiger partial charge in [-0.15, -0.1) is 5.10 Å². The van der Waals surface area contributed by atoms with Gasteiger partial charge < -0.3 is 9.47 Å². The zero-order valence-electron chi connectivity index (χ0n) is 7.65. The Bertz CT molecular complexity index is 345. The zero-order chi connectivity index (χ0) is 10.6. The van der Waals surface area contributed by atoms with Gasteiger partial charge in [-0.1, -0.05) is 16.7 Å². The van der Waals surface area contributed by atoms with Gasteiger partial charge >= 0.3 is 12.0 Å². The summed E-state index contributed by atoms with van der Waals surface area (Å²) in [6.07, 6.45) is 0. The average molecular weight is 218 g/mol. The third-order valence-electron chi connectivity index (χ3n) is 1.28. The number of carbonyl (C=O) groups excluding carboxylic acids is 1. The van der Waals surface area contributed by atoms with E-state index in [2.05, 4.69) is 19.9 Å². The number of methoxy groups -OCH3 is 1. The van der Waals surface area contributed by atoms with Crippen LogP contribution < -0.4 is 4.74 Å². The van der Waals surface area contributed by atoms with Gasteiger partial charge in [0, 0.05) is 0 Å². The number of halogens is 1. The fraction of sp³-hybridized carbons (Fsp3) is 0.429. The highest BCUT2D eigenvalue weighted by Crippen LogP contribution is 2.12. The van der Waals surface area contributed by atoms with Gasteiger partial charge in [0.2, 0.25) is 0 Å². The predicted octanol–water partition coefficient (Wildman–Crippen LogP) is 0.710. The smallest absolute Gasteiger partial charge is 0.360 e. The number of carbonyl (C=O) groups is 1. The zero-order valence-corrected chi connectivity index (χ0v) is 8.41. The Labute approximate surface area is 85.2 Å². The molecule has 0 saturated carbocycles. The van der Waals surface area contributed by atoms with E-state index in [1.807, 2.05) is 0 Å². The van der Waals surface area contributed by atoms with Crippen molar-refractivity contribution in [2.45, 2.75) is 6.92 Å². The molecule has 6 nitrogen and oxygen atoms in total. The van der Waals surface area contributed by atoms with Crippen molar-refractivity contribution in [2.24, 2.45) is 0 Å². The predicted molar refractivity (Wildman–Crippen MR) is 47.3 cm³/mol. The van der Waals surface area contributed by atoms with Crippen LogP contribution in [0, 0.1) is 0 Å². The van der Waals surface area contributed by atoms with Crippen LogP contribution in [-0.2, 0) is 4.74 Å². The van der Waals surface area contributed by atoms with Crippen LogP contribution in [0.1, 0.15) is 17.4 Å². The maximum Gasteiger partial charge on any atom is 0.360 e. The van der Waals surface area contributed by atoms with Gasteiger partial charge in [0.15, 0.2) is 10.8 Å². The molecule has 76 valence electrons. The highest BCUT2D eigenvalue weighted by Gasteiger charge is 2.16. The third kappa shape index (κ3) is 2.29. The molecule has 0 aliphatic carbocycles. The van der Waals surface area contributed by atoms with Crippen LogP contribution in [0.25, 0.3) is 0 Å². The summed E-state index contributed by atoms with van der Waals surface area (Å²) < 4.78 is 9.39. The van der Waals surface area contributed by atoms with Crippen LogP contribution in [0.3, 0.4) is 0 Å². The van der Waals surface area contributed by atoms with Crippen LogP contribution in [0.2, 0.25) is 5.15 Å². The van der Waals surface area contributed by atoms with Crippen molar-refractivity contribution in [2.75, 3.05) is 13.7 Å². The first kappa shape index (κ1) is 10.6. The van der Waals surface area contributed by atoms with E-state index in [0.717, 1.165) is 0 Å².